The number of hydrogen-bond acceptors (Lipinski definition) is 6. The molecule has 9 nitrogen and oxygen atoms in total. The van der Waals surface area contributed by atoms with Gasteiger partial charge in [0.25, 0.3) is 11.8 Å². The third-order valence-corrected chi connectivity index (χ3v) is 6.34. The van der Waals surface area contributed by atoms with Crippen LogP contribution in [0.3, 0.4) is 0 Å². The van der Waals surface area contributed by atoms with E-state index in [1.165, 1.54) is 12.1 Å². The number of carbonyl (C=O) groups is 3. The summed E-state index contributed by atoms with van der Waals surface area (Å²) in [5.74, 6) is -0.322. The van der Waals surface area contributed by atoms with E-state index in [0.717, 1.165) is 23.4 Å². The smallest absolute Gasteiger partial charge is 0.324 e. The van der Waals surface area contributed by atoms with Crippen LogP contribution in [0.25, 0.3) is 0 Å². The van der Waals surface area contributed by atoms with Crippen molar-refractivity contribution in [2.45, 2.75) is 12.8 Å². The highest BCUT2D eigenvalue weighted by Gasteiger charge is 2.28. The van der Waals surface area contributed by atoms with Crippen LogP contribution in [0.2, 0.25) is 0 Å². The zero-order valence-electron chi connectivity index (χ0n) is 16.2. The fourth-order valence-corrected chi connectivity index (χ4v) is 4.51. The van der Waals surface area contributed by atoms with Gasteiger partial charge in [-0.3, -0.25) is 24.5 Å². The Morgan fingerprint density at radius 3 is 2.27 bits per heavy atom. The van der Waals surface area contributed by atoms with Gasteiger partial charge in [-0.05, 0) is 30.7 Å². The van der Waals surface area contributed by atoms with Crippen molar-refractivity contribution < 1.29 is 19.3 Å². The van der Waals surface area contributed by atoms with E-state index in [4.69, 9.17) is 0 Å². The monoisotopic (exact) mass is 428 g/mol. The van der Waals surface area contributed by atoms with E-state index in [-0.39, 0.29) is 22.7 Å². The lowest BCUT2D eigenvalue weighted by Gasteiger charge is -2.34. The van der Waals surface area contributed by atoms with Crippen molar-refractivity contribution in [3.8, 4) is 0 Å². The normalized spacial score (nSPS) is 16.8. The van der Waals surface area contributed by atoms with Gasteiger partial charge in [0.15, 0.2) is 0 Å². The fourth-order valence-electron chi connectivity index (χ4n) is 3.72. The average molecular weight is 428 g/mol. The Labute approximate surface area is 176 Å². The van der Waals surface area contributed by atoms with Gasteiger partial charge in [-0.2, -0.15) is 0 Å². The highest BCUT2D eigenvalue weighted by atomic mass is 32.1. The summed E-state index contributed by atoms with van der Waals surface area (Å²) in [6.07, 6.45) is 1.35. The van der Waals surface area contributed by atoms with Crippen LogP contribution in [0.4, 0.5) is 10.7 Å². The number of rotatable bonds is 4. The van der Waals surface area contributed by atoms with Crippen molar-refractivity contribution in [3.05, 3.63) is 57.0 Å². The SMILES string of the molecule is O=C(c1cccc(N2CCCC2=O)c1)N1CCN(C(=O)c2ccc([N+](=O)[O-])s2)CC1. The Balaban J connectivity index is 1.39. The highest BCUT2D eigenvalue weighted by molar-refractivity contribution is 7.17. The van der Waals surface area contributed by atoms with Crippen molar-refractivity contribution in [2.24, 2.45) is 0 Å². The number of piperazine rings is 1. The Kier molecular flexibility index (Phi) is 5.49. The minimum absolute atomic E-state index is 0.0662. The molecule has 0 bridgehead atoms. The van der Waals surface area contributed by atoms with Crippen LogP contribution < -0.4 is 4.90 Å². The highest BCUT2D eigenvalue weighted by Crippen LogP contribution is 2.26. The summed E-state index contributed by atoms with van der Waals surface area (Å²) in [4.78, 5) is 53.1. The van der Waals surface area contributed by atoms with Crippen molar-refractivity contribution >= 4 is 39.7 Å². The predicted molar refractivity (Wildman–Crippen MR) is 111 cm³/mol. The Morgan fingerprint density at radius 1 is 0.967 bits per heavy atom. The molecule has 2 fully saturated rings. The van der Waals surface area contributed by atoms with Crippen LogP contribution >= 0.6 is 11.3 Å². The largest absolute Gasteiger partial charge is 0.335 e. The zero-order chi connectivity index (χ0) is 21.3. The van der Waals surface area contributed by atoms with Gasteiger partial charge in [-0.15, -0.1) is 0 Å². The van der Waals surface area contributed by atoms with Gasteiger partial charge in [0.2, 0.25) is 5.91 Å². The van der Waals surface area contributed by atoms with Gasteiger partial charge in [0, 0.05) is 56.5 Å². The molecule has 0 atom stereocenters. The molecule has 2 aliphatic heterocycles. The van der Waals surface area contributed by atoms with Gasteiger partial charge in [0.05, 0.1) is 9.80 Å². The molecule has 0 unspecified atom stereocenters. The molecule has 1 aromatic heterocycles. The number of nitrogens with zero attached hydrogens (tertiary/aromatic N) is 4. The second-order valence-electron chi connectivity index (χ2n) is 7.18. The number of anilines is 1. The fraction of sp³-hybridized carbons (Fsp3) is 0.350. The van der Waals surface area contributed by atoms with E-state index < -0.39 is 4.92 Å². The van der Waals surface area contributed by atoms with Crippen molar-refractivity contribution in [3.63, 3.8) is 0 Å². The summed E-state index contributed by atoms with van der Waals surface area (Å²) < 4.78 is 0. The third-order valence-electron chi connectivity index (χ3n) is 5.31. The molecule has 2 aromatic rings. The summed E-state index contributed by atoms with van der Waals surface area (Å²) >= 11 is 0.857. The van der Waals surface area contributed by atoms with E-state index in [2.05, 4.69) is 0 Å². The van der Waals surface area contributed by atoms with Gasteiger partial charge >= 0.3 is 5.00 Å². The lowest BCUT2D eigenvalue weighted by atomic mass is 10.1. The van der Waals surface area contributed by atoms with Gasteiger partial charge < -0.3 is 14.7 Å². The summed E-state index contributed by atoms with van der Waals surface area (Å²) in [7, 11) is 0. The first-order chi connectivity index (χ1) is 14.4. The topological polar surface area (TPSA) is 104 Å². The zero-order valence-corrected chi connectivity index (χ0v) is 17.0. The molecule has 0 radical (unpaired) electrons. The van der Waals surface area contributed by atoms with Crippen LogP contribution in [-0.4, -0.2) is 65.2 Å². The number of thiophene rings is 1. The van der Waals surface area contributed by atoms with E-state index >= 15 is 0 Å². The maximum atomic E-state index is 12.9. The molecule has 1 aromatic carbocycles. The first-order valence-electron chi connectivity index (χ1n) is 9.67. The molecule has 0 saturated carbocycles. The molecular formula is C20H20N4O5S. The van der Waals surface area contributed by atoms with E-state index in [0.29, 0.717) is 49.6 Å². The van der Waals surface area contributed by atoms with E-state index in [9.17, 15) is 24.5 Å². The second kappa shape index (κ2) is 8.23. The van der Waals surface area contributed by atoms with Crippen LogP contribution in [0.5, 0.6) is 0 Å². The van der Waals surface area contributed by atoms with Crippen molar-refractivity contribution in [2.75, 3.05) is 37.6 Å². The Bertz CT molecular complexity index is 1010. The predicted octanol–water partition coefficient (Wildman–Crippen LogP) is 2.38. The molecule has 4 rings (SSSR count). The number of hydrogen-bond donors (Lipinski definition) is 0. The number of nitro groups is 1. The first kappa shape index (κ1) is 20.0. The van der Waals surface area contributed by atoms with Gasteiger partial charge in [-0.25, -0.2) is 0 Å². The molecular weight excluding hydrogens is 408 g/mol. The van der Waals surface area contributed by atoms with Crippen LogP contribution in [-0.2, 0) is 4.79 Å². The molecule has 10 heteroatoms. The molecule has 2 saturated heterocycles. The third kappa shape index (κ3) is 3.90. The molecule has 0 aliphatic carbocycles. The van der Waals surface area contributed by atoms with Crippen molar-refractivity contribution in [1.29, 1.82) is 0 Å². The maximum Gasteiger partial charge on any atom is 0.324 e. The van der Waals surface area contributed by atoms with E-state index in [1.54, 1.807) is 32.9 Å². The minimum Gasteiger partial charge on any atom is -0.335 e. The lowest BCUT2D eigenvalue weighted by molar-refractivity contribution is -0.380. The van der Waals surface area contributed by atoms with Gasteiger partial charge in [-0.1, -0.05) is 17.4 Å². The number of carbonyl (C=O) groups excluding carboxylic acids is 3. The van der Waals surface area contributed by atoms with Crippen molar-refractivity contribution in [1.82, 2.24) is 9.80 Å². The summed E-state index contributed by atoms with van der Waals surface area (Å²) in [5, 5.41) is 10.8. The number of benzene rings is 1. The maximum absolute atomic E-state index is 12.9. The quantitative estimate of drug-likeness (QED) is 0.549. The summed E-state index contributed by atoms with van der Waals surface area (Å²) in [6.45, 7) is 2.15. The summed E-state index contributed by atoms with van der Waals surface area (Å²) in [5.41, 5.74) is 1.25. The molecule has 3 heterocycles. The van der Waals surface area contributed by atoms with Crippen LogP contribution in [0.15, 0.2) is 36.4 Å². The standard InChI is InChI=1S/C20H20N4O5S/c25-17-5-2-8-23(17)15-4-1-3-14(13-15)19(26)21-9-11-22(12-10-21)20(27)16-6-7-18(30-16)24(28)29/h1,3-4,6-7,13H,2,5,8-12H2. The number of amides is 3. The second-order valence-corrected chi connectivity index (χ2v) is 8.24. The lowest BCUT2D eigenvalue weighted by Crippen LogP contribution is -2.50. The van der Waals surface area contributed by atoms with E-state index in [1.807, 2.05) is 6.07 Å². The Hall–Kier alpha value is -3.27. The minimum atomic E-state index is -0.512. The molecule has 0 N–H and O–H groups in total. The molecule has 0 spiro atoms. The molecule has 2 aliphatic rings. The first-order valence-corrected chi connectivity index (χ1v) is 10.5. The molecule has 156 valence electrons. The molecule has 3 amide bonds. The molecule has 30 heavy (non-hydrogen) atoms. The summed E-state index contributed by atoms with van der Waals surface area (Å²) in [6, 6.07) is 9.88. The van der Waals surface area contributed by atoms with Crippen LogP contribution in [0, 0.1) is 10.1 Å². The van der Waals surface area contributed by atoms with Gasteiger partial charge in [0.1, 0.15) is 0 Å². The van der Waals surface area contributed by atoms with Crippen LogP contribution in [0.1, 0.15) is 32.9 Å². The Morgan fingerprint density at radius 2 is 1.67 bits per heavy atom. The average Bonchev–Trinajstić information content (AvgIpc) is 3.42.